The number of thiophene rings is 1. The zero-order chi connectivity index (χ0) is 22.4. The molecule has 2 N–H and O–H groups in total. The third-order valence-corrected chi connectivity index (χ3v) is 11.5. The fourth-order valence-corrected chi connectivity index (χ4v) is 4.89. The van der Waals surface area contributed by atoms with Crippen LogP contribution >= 0.6 is 11.3 Å². The minimum Gasteiger partial charge on any atom is -0.477 e. The second-order valence-electron chi connectivity index (χ2n) is 9.37. The standard InChI is InChI=1S/C23H27N3O3SSi/c1-23(2,3)31(4,5)29-26-18-9-6-14-12-15(7-8-16(14)18)25-20-17-10-11-24-13-19(17)30-21(20)22(27)28/h7-8,10-13,25H,6,9H2,1-5H3,(H,27,28). The van der Waals surface area contributed by atoms with E-state index < -0.39 is 14.3 Å². The number of pyridine rings is 1. The van der Waals surface area contributed by atoms with Crippen molar-refractivity contribution in [3.05, 3.63) is 52.7 Å². The van der Waals surface area contributed by atoms with E-state index in [1.807, 2.05) is 12.1 Å². The van der Waals surface area contributed by atoms with E-state index in [0.717, 1.165) is 39.9 Å². The van der Waals surface area contributed by atoms with Crippen molar-refractivity contribution >= 4 is 52.8 Å². The molecule has 0 aliphatic heterocycles. The molecule has 0 unspecified atom stereocenters. The molecule has 6 nitrogen and oxygen atoms in total. The van der Waals surface area contributed by atoms with E-state index in [9.17, 15) is 9.90 Å². The summed E-state index contributed by atoms with van der Waals surface area (Å²) < 4.78 is 6.93. The summed E-state index contributed by atoms with van der Waals surface area (Å²) in [5, 5.41) is 18.5. The molecule has 4 rings (SSSR count). The average Bonchev–Trinajstić information content (AvgIpc) is 3.27. The van der Waals surface area contributed by atoms with Gasteiger partial charge in [-0.15, -0.1) is 16.5 Å². The number of anilines is 2. The highest BCUT2D eigenvalue weighted by molar-refractivity contribution is 7.21. The summed E-state index contributed by atoms with van der Waals surface area (Å²) in [6, 6.07) is 7.95. The van der Waals surface area contributed by atoms with E-state index in [1.165, 1.54) is 16.9 Å². The summed E-state index contributed by atoms with van der Waals surface area (Å²) in [4.78, 5) is 16.2. The predicted octanol–water partition coefficient (Wildman–Crippen LogP) is 6.41. The Morgan fingerprint density at radius 2 is 2.03 bits per heavy atom. The number of fused-ring (bicyclic) bond motifs is 2. The van der Waals surface area contributed by atoms with Crippen LogP contribution in [0.2, 0.25) is 18.1 Å². The zero-order valence-electron chi connectivity index (χ0n) is 18.4. The number of nitrogens with zero attached hydrogens (tertiary/aromatic N) is 2. The van der Waals surface area contributed by atoms with E-state index >= 15 is 0 Å². The quantitative estimate of drug-likeness (QED) is 0.344. The lowest BCUT2D eigenvalue weighted by Crippen LogP contribution is -2.39. The summed E-state index contributed by atoms with van der Waals surface area (Å²) in [7, 11) is -1.95. The van der Waals surface area contributed by atoms with Gasteiger partial charge in [0.25, 0.3) is 8.32 Å². The lowest BCUT2D eigenvalue weighted by Gasteiger charge is -2.33. The SMILES string of the molecule is CC(C)(C)[Si](C)(C)ON=C1CCc2cc(Nc3c(C(=O)O)sc4cnccc34)ccc21. The van der Waals surface area contributed by atoms with Gasteiger partial charge in [-0.25, -0.2) is 4.79 Å². The third-order valence-electron chi connectivity index (χ3n) is 6.19. The first-order valence-corrected chi connectivity index (χ1v) is 14.0. The van der Waals surface area contributed by atoms with Crippen LogP contribution in [0.5, 0.6) is 0 Å². The number of oxime groups is 1. The molecule has 0 spiro atoms. The lowest BCUT2D eigenvalue weighted by atomic mass is 10.1. The third kappa shape index (κ3) is 4.09. The van der Waals surface area contributed by atoms with E-state index in [4.69, 9.17) is 4.53 Å². The van der Waals surface area contributed by atoms with E-state index in [0.29, 0.717) is 5.69 Å². The molecule has 162 valence electrons. The molecule has 1 aliphatic carbocycles. The fraction of sp³-hybridized carbons (Fsp3) is 0.348. The summed E-state index contributed by atoms with van der Waals surface area (Å²) >= 11 is 1.23. The first kappa shape index (κ1) is 21.5. The van der Waals surface area contributed by atoms with Crippen molar-refractivity contribution in [1.29, 1.82) is 0 Å². The summed E-state index contributed by atoms with van der Waals surface area (Å²) in [6.07, 6.45) is 5.12. The number of carboxylic acids is 1. The molecule has 0 saturated heterocycles. The van der Waals surface area contributed by atoms with Crippen molar-refractivity contribution in [3.63, 3.8) is 0 Å². The summed E-state index contributed by atoms with van der Waals surface area (Å²) in [6.45, 7) is 11.0. The molecule has 0 fully saturated rings. The van der Waals surface area contributed by atoms with Gasteiger partial charge >= 0.3 is 5.97 Å². The Morgan fingerprint density at radius 3 is 2.74 bits per heavy atom. The molecular formula is C23H27N3O3SSi. The number of aryl methyl sites for hydroxylation is 1. The van der Waals surface area contributed by atoms with Gasteiger partial charge in [0.15, 0.2) is 0 Å². The number of aromatic nitrogens is 1. The van der Waals surface area contributed by atoms with Crippen molar-refractivity contribution in [2.24, 2.45) is 5.16 Å². The van der Waals surface area contributed by atoms with Crippen LogP contribution in [0, 0.1) is 0 Å². The zero-order valence-corrected chi connectivity index (χ0v) is 20.3. The van der Waals surface area contributed by atoms with Crippen molar-refractivity contribution in [2.45, 2.75) is 51.7 Å². The number of hydrogen-bond donors (Lipinski definition) is 2. The number of nitrogens with one attached hydrogen (secondary N) is 1. The number of benzene rings is 1. The number of aromatic carboxylic acids is 1. The van der Waals surface area contributed by atoms with Gasteiger partial charge in [-0.3, -0.25) is 4.98 Å². The van der Waals surface area contributed by atoms with Crippen LogP contribution in [-0.4, -0.2) is 30.1 Å². The predicted molar refractivity (Wildman–Crippen MR) is 129 cm³/mol. The molecule has 8 heteroatoms. The van der Waals surface area contributed by atoms with Crippen LogP contribution < -0.4 is 5.32 Å². The molecular weight excluding hydrogens is 426 g/mol. The number of rotatable bonds is 5. The number of hydrogen-bond acceptors (Lipinski definition) is 6. The minimum atomic E-state index is -1.95. The molecule has 0 bridgehead atoms. The molecule has 0 amide bonds. The smallest absolute Gasteiger partial charge is 0.348 e. The largest absolute Gasteiger partial charge is 0.477 e. The lowest BCUT2D eigenvalue weighted by molar-refractivity contribution is 0.0703. The maximum Gasteiger partial charge on any atom is 0.348 e. The van der Waals surface area contributed by atoms with Gasteiger partial charge in [0.05, 0.1) is 16.1 Å². The second kappa shape index (κ2) is 7.76. The molecule has 3 aromatic rings. The number of carbonyl (C=O) groups is 1. The van der Waals surface area contributed by atoms with E-state index in [2.05, 4.69) is 61.5 Å². The van der Waals surface area contributed by atoms with Gasteiger partial charge in [-0.05, 0) is 54.7 Å². The molecule has 31 heavy (non-hydrogen) atoms. The molecule has 0 radical (unpaired) electrons. The Balaban J connectivity index is 1.61. The van der Waals surface area contributed by atoms with E-state index in [1.54, 1.807) is 12.4 Å². The van der Waals surface area contributed by atoms with Crippen molar-refractivity contribution in [3.8, 4) is 0 Å². The average molecular weight is 454 g/mol. The Labute approximate surface area is 187 Å². The topological polar surface area (TPSA) is 83.8 Å². The monoisotopic (exact) mass is 453 g/mol. The van der Waals surface area contributed by atoms with Crippen LogP contribution in [0.1, 0.15) is 48.0 Å². The van der Waals surface area contributed by atoms with Gasteiger partial charge in [0, 0.05) is 29.0 Å². The van der Waals surface area contributed by atoms with Gasteiger partial charge in [0.2, 0.25) is 0 Å². The van der Waals surface area contributed by atoms with Crippen molar-refractivity contribution in [2.75, 3.05) is 5.32 Å². The Morgan fingerprint density at radius 1 is 1.26 bits per heavy atom. The molecule has 1 aliphatic rings. The Bertz CT molecular complexity index is 1190. The first-order valence-electron chi connectivity index (χ1n) is 10.3. The summed E-state index contributed by atoms with van der Waals surface area (Å²) in [5.41, 5.74) is 4.78. The second-order valence-corrected chi connectivity index (χ2v) is 15.1. The van der Waals surface area contributed by atoms with E-state index in [-0.39, 0.29) is 9.92 Å². The van der Waals surface area contributed by atoms with Gasteiger partial charge in [-0.2, -0.15) is 0 Å². The maximum absolute atomic E-state index is 11.8. The normalized spacial score (nSPS) is 15.3. The van der Waals surface area contributed by atoms with Crippen LogP contribution in [0.3, 0.4) is 0 Å². The molecule has 0 atom stereocenters. The molecule has 0 saturated carbocycles. The van der Waals surface area contributed by atoms with Gasteiger partial charge in [-0.1, -0.05) is 26.8 Å². The van der Waals surface area contributed by atoms with Crippen LogP contribution in [0.4, 0.5) is 11.4 Å². The van der Waals surface area contributed by atoms with Gasteiger partial charge in [0.1, 0.15) is 4.88 Å². The highest BCUT2D eigenvalue weighted by atomic mass is 32.1. The van der Waals surface area contributed by atoms with Gasteiger partial charge < -0.3 is 15.0 Å². The van der Waals surface area contributed by atoms with Crippen molar-refractivity contribution in [1.82, 2.24) is 4.98 Å². The highest BCUT2D eigenvalue weighted by Gasteiger charge is 2.40. The molecule has 1 aromatic carbocycles. The minimum absolute atomic E-state index is 0.104. The van der Waals surface area contributed by atoms with Crippen LogP contribution in [0.15, 0.2) is 41.8 Å². The number of carboxylic acid groups (broad SMARTS) is 1. The first-order chi connectivity index (χ1) is 14.6. The highest BCUT2D eigenvalue weighted by Crippen LogP contribution is 2.39. The molecule has 2 heterocycles. The van der Waals surface area contributed by atoms with Crippen LogP contribution in [0.25, 0.3) is 10.1 Å². The van der Waals surface area contributed by atoms with Crippen LogP contribution in [-0.2, 0) is 10.9 Å². The summed E-state index contributed by atoms with van der Waals surface area (Å²) in [5.74, 6) is -0.943. The Kier molecular flexibility index (Phi) is 5.39. The fourth-order valence-electron chi connectivity index (χ4n) is 3.32. The molecule has 2 aromatic heterocycles. The van der Waals surface area contributed by atoms with Crippen molar-refractivity contribution < 1.29 is 14.4 Å². The Hall–Kier alpha value is -2.71. The maximum atomic E-state index is 11.8.